The Labute approximate surface area is 102 Å². The van der Waals surface area contributed by atoms with Gasteiger partial charge in [-0.3, -0.25) is 0 Å². The Morgan fingerprint density at radius 2 is 1.69 bits per heavy atom. The van der Waals surface area contributed by atoms with E-state index < -0.39 is 20.0 Å². The number of halogens is 1. The molecule has 16 heavy (non-hydrogen) atoms. The van der Waals surface area contributed by atoms with E-state index in [1.807, 2.05) is 0 Å². The van der Waals surface area contributed by atoms with Gasteiger partial charge in [-0.25, -0.2) is 16.8 Å². The average molecular weight is 326 g/mol. The molecule has 5 nitrogen and oxygen atoms in total. The van der Waals surface area contributed by atoms with E-state index in [4.69, 9.17) is 0 Å². The van der Waals surface area contributed by atoms with Gasteiger partial charge in [0.2, 0.25) is 0 Å². The van der Waals surface area contributed by atoms with Gasteiger partial charge >= 0.3 is 0 Å². The van der Waals surface area contributed by atoms with Crippen molar-refractivity contribution in [1.29, 1.82) is 0 Å². The molecule has 0 spiro atoms. The number of hydrogen-bond donors (Lipinski definition) is 0. The van der Waals surface area contributed by atoms with Gasteiger partial charge in [0.15, 0.2) is 0 Å². The molecule has 0 fully saturated rings. The lowest BCUT2D eigenvalue weighted by molar-refractivity contribution is 0.537. The summed E-state index contributed by atoms with van der Waals surface area (Å²) < 4.78 is 48.4. The van der Waals surface area contributed by atoms with Crippen LogP contribution >= 0.6 is 15.9 Å². The molecule has 0 atom stereocenters. The summed E-state index contributed by atoms with van der Waals surface area (Å²) in [5, 5.41) is 0. The normalized spacial score (nSPS) is 21.9. The largest absolute Gasteiger partial charge is 0.257 e. The molecule has 0 amide bonds. The third-order valence-corrected chi connectivity index (χ3v) is 7.97. The van der Waals surface area contributed by atoms with Crippen molar-refractivity contribution in [2.24, 2.45) is 0 Å². The zero-order valence-corrected chi connectivity index (χ0v) is 11.6. The van der Waals surface area contributed by atoms with Gasteiger partial charge in [0, 0.05) is 11.5 Å². The van der Waals surface area contributed by atoms with Crippen molar-refractivity contribution in [3.63, 3.8) is 0 Å². The van der Waals surface area contributed by atoms with Crippen LogP contribution in [0.25, 0.3) is 0 Å². The van der Waals surface area contributed by atoms with E-state index in [-0.39, 0.29) is 9.79 Å². The quantitative estimate of drug-likeness (QED) is 0.715. The van der Waals surface area contributed by atoms with Crippen LogP contribution in [0.15, 0.2) is 26.4 Å². The molecule has 0 bridgehead atoms. The smallest absolute Gasteiger partial charge is 0.206 e. The lowest BCUT2D eigenvalue weighted by Gasteiger charge is -2.05. The first-order chi connectivity index (χ1) is 7.20. The Balaban J connectivity index is 3.04. The molecule has 1 aliphatic rings. The summed E-state index contributed by atoms with van der Waals surface area (Å²) in [6.45, 7) is 1.56. The average Bonchev–Trinajstić information content (AvgIpc) is 2.31. The molecule has 2 rings (SSSR count). The molecule has 1 aliphatic heterocycles. The first kappa shape index (κ1) is 12.0. The van der Waals surface area contributed by atoms with Crippen LogP contribution in [0.1, 0.15) is 5.56 Å². The number of benzene rings is 1. The molecular formula is C8H8BrNO4S2. The topological polar surface area (TPSA) is 71.5 Å². The summed E-state index contributed by atoms with van der Waals surface area (Å²) in [6.07, 6.45) is 0. The standard InChI is InChI=1S/C8H8BrNO4S2/c1-5-6(9)3-4-7-8(5)16(13,14)10(2)15(7,11)12/h3-4H,1-2H3. The Morgan fingerprint density at radius 1 is 1.12 bits per heavy atom. The molecule has 8 heteroatoms. The Morgan fingerprint density at radius 3 is 2.25 bits per heavy atom. The van der Waals surface area contributed by atoms with E-state index in [0.717, 1.165) is 7.05 Å². The van der Waals surface area contributed by atoms with Crippen LogP contribution in [-0.4, -0.2) is 27.6 Å². The molecule has 0 aliphatic carbocycles. The van der Waals surface area contributed by atoms with Crippen LogP contribution in [0.3, 0.4) is 0 Å². The van der Waals surface area contributed by atoms with Crippen LogP contribution in [0.2, 0.25) is 0 Å². The van der Waals surface area contributed by atoms with Gasteiger partial charge in [-0.1, -0.05) is 19.6 Å². The summed E-state index contributed by atoms with van der Waals surface area (Å²) in [7, 11) is -6.80. The number of hydrogen-bond acceptors (Lipinski definition) is 4. The predicted molar refractivity (Wildman–Crippen MR) is 61.0 cm³/mol. The fourth-order valence-corrected chi connectivity index (χ4v) is 6.13. The molecule has 0 saturated heterocycles. The molecule has 0 radical (unpaired) electrons. The summed E-state index contributed by atoms with van der Waals surface area (Å²) in [6, 6.07) is 2.82. The molecule has 1 aromatic rings. The Bertz CT molecular complexity index is 678. The van der Waals surface area contributed by atoms with Gasteiger partial charge in [0.25, 0.3) is 20.0 Å². The van der Waals surface area contributed by atoms with Gasteiger partial charge in [0.05, 0.1) is 0 Å². The van der Waals surface area contributed by atoms with Crippen molar-refractivity contribution in [3.05, 3.63) is 22.2 Å². The van der Waals surface area contributed by atoms with Gasteiger partial charge < -0.3 is 0 Å². The van der Waals surface area contributed by atoms with E-state index in [1.54, 1.807) is 6.92 Å². The fourth-order valence-electron chi connectivity index (χ4n) is 1.56. The van der Waals surface area contributed by atoms with Gasteiger partial charge in [0.1, 0.15) is 9.79 Å². The first-order valence-electron chi connectivity index (χ1n) is 4.24. The lowest BCUT2D eigenvalue weighted by atomic mass is 10.2. The van der Waals surface area contributed by atoms with Crippen molar-refractivity contribution in [3.8, 4) is 0 Å². The van der Waals surface area contributed by atoms with E-state index in [9.17, 15) is 16.8 Å². The van der Waals surface area contributed by atoms with Crippen LogP contribution in [0, 0.1) is 6.92 Å². The maximum Gasteiger partial charge on any atom is 0.257 e. The minimum Gasteiger partial charge on any atom is -0.206 e. The van der Waals surface area contributed by atoms with E-state index >= 15 is 0 Å². The SMILES string of the molecule is Cc1c(Br)ccc2c1S(=O)(=O)N(C)S2(=O)=O. The van der Waals surface area contributed by atoms with Crippen molar-refractivity contribution >= 4 is 36.0 Å². The number of fused-ring (bicyclic) bond motifs is 1. The maximum atomic E-state index is 11.9. The van der Waals surface area contributed by atoms with Gasteiger partial charge in [-0.15, -0.1) is 0 Å². The Kier molecular flexibility index (Phi) is 2.47. The van der Waals surface area contributed by atoms with Crippen LogP contribution in [0.4, 0.5) is 0 Å². The number of sulfonamides is 2. The second-order valence-corrected chi connectivity index (χ2v) is 8.32. The monoisotopic (exact) mass is 325 g/mol. The van der Waals surface area contributed by atoms with E-state index in [1.165, 1.54) is 12.1 Å². The zero-order chi connectivity index (χ0) is 12.3. The molecule has 88 valence electrons. The highest BCUT2D eigenvalue weighted by Crippen LogP contribution is 2.39. The maximum absolute atomic E-state index is 11.9. The van der Waals surface area contributed by atoms with Crippen LogP contribution < -0.4 is 0 Å². The summed E-state index contributed by atoms with van der Waals surface area (Å²) in [5.41, 5.74) is 0.408. The molecule has 0 saturated carbocycles. The first-order valence-corrected chi connectivity index (χ1v) is 7.91. The summed E-state index contributed by atoms with van der Waals surface area (Å²) >= 11 is 3.18. The van der Waals surface area contributed by atoms with Crippen LogP contribution in [0.5, 0.6) is 0 Å². The second kappa shape index (κ2) is 3.28. The van der Waals surface area contributed by atoms with Crippen molar-refractivity contribution in [2.45, 2.75) is 16.7 Å². The van der Waals surface area contributed by atoms with Crippen molar-refractivity contribution in [1.82, 2.24) is 3.71 Å². The molecule has 0 aromatic heterocycles. The van der Waals surface area contributed by atoms with Gasteiger partial charge in [-0.2, -0.15) is 0 Å². The second-order valence-electron chi connectivity index (χ2n) is 3.39. The lowest BCUT2D eigenvalue weighted by Crippen LogP contribution is -2.25. The predicted octanol–water partition coefficient (Wildman–Crippen LogP) is 1.08. The molecule has 1 aromatic carbocycles. The third kappa shape index (κ3) is 1.30. The fraction of sp³-hybridized carbons (Fsp3) is 0.250. The van der Waals surface area contributed by atoms with Gasteiger partial charge in [-0.05, 0) is 24.6 Å². The number of rotatable bonds is 0. The molecular weight excluding hydrogens is 318 g/mol. The van der Waals surface area contributed by atoms with Crippen molar-refractivity contribution < 1.29 is 16.8 Å². The zero-order valence-electron chi connectivity index (χ0n) is 8.43. The molecule has 0 unspecified atom stereocenters. The van der Waals surface area contributed by atoms with E-state index in [2.05, 4.69) is 15.9 Å². The van der Waals surface area contributed by atoms with E-state index in [0.29, 0.717) is 13.7 Å². The number of nitrogens with zero attached hydrogens (tertiary/aromatic N) is 1. The molecule has 0 N–H and O–H groups in total. The minimum atomic E-state index is -3.93. The van der Waals surface area contributed by atoms with Crippen molar-refractivity contribution in [2.75, 3.05) is 7.05 Å². The summed E-state index contributed by atoms with van der Waals surface area (Å²) in [4.78, 5) is -0.292. The summed E-state index contributed by atoms with van der Waals surface area (Å²) in [5.74, 6) is 0. The highest BCUT2D eigenvalue weighted by Gasteiger charge is 2.45. The highest BCUT2D eigenvalue weighted by atomic mass is 79.9. The Hall–Kier alpha value is -0.440. The minimum absolute atomic E-state index is 0.135. The molecule has 1 heterocycles. The third-order valence-electron chi connectivity index (χ3n) is 2.52. The highest BCUT2D eigenvalue weighted by molar-refractivity contribution is 9.10. The van der Waals surface area contributed by atoms with Crippen LogP contribution in [-0.2, 0) is 20.0 Å².